The van der Waals surface area contributed by atoms with Gasteiger partial charge in [-0.25, -0.2) is 0 Å². The molecule has 0 aromatic rings. The predicted molar refractivity (Wildman–Crippen MR) is 53.0 cm³/mol. The van der Waals surface area contributed by atoms with Gasteiger partial charge < -0.3 is 0 Å². The molecule has 0 aliphatic carbocycles. The third kappa shape index (κ3) is 10.0. The highest BCUT2D eigenvalue weighted by Crippen LogP contribution is 2.07. The van der Waals surface area contributed by atoms with E-state index < -0.39 is 0 Å². The van der Waals surface area contributed by atoms with Crippen molar-refractivity contribution in [3.8, 4) is 0 Å². The fourth-order valence-electron chi connectivity index (χ4n) is 1.11. The number of allylic oxidation sites excluding steroid dienone is 1. The van der Waals surface area contributed by atoms with Gasteiger partial charge in [0.15, 0.2) is 0 Å². The molecule has 0 nitrogen and oxygen atoms in total. The van der Waals surface area contributed by atoms with Crippen molar-refractivity contribution < 1.29 is 0 Å². The fraction of sp³-hybridized carbons (Fsp3) is 0.800. The van der Waals surface area contributed by atoms with Crippen LogP contribution < -0.4 is 0 Å². The Labute approximate surface area is 75.6 Å². The fourth-order valence-corrected chi connectivity index (χ4v) is 1.23. The molecule has 0 bridgehead atoms. The van der Waals surface area contributed by atoms with Crippen molar-refractivity contribution >= 4 is 11.6 Å². The lowest BCUT2D eigenvalue weighted by atomic mass is 10.1. The molecule has 0 unspecified atom stereocenters. The Morgan fingerprint density at radius 3 is 2.27 bits per heavy atom. The van der Waals surface area contributed by atoms with Crippen molar-refractivity contribution in [3.63, 3.8) is 0 Å². The molecule has 0 saturated heterocycles. The molecule has 0 rings (SSSR count). The average molecular weight is 175 g/mol. The zero-order valence-corrected chi connectivity index (χ0v) is 8.24. The van der Waals surface area contributed by atoms with Gasteiger partial charge in [-0.05, 0) is 12.8 Å². The second kappa shape index (κ2) is 10.0. The second-order valence-electron chi connectivity index (χ2n) is 2.92. The standard InChI is InChI=1S/C10H19Cl/c1-2-3-4-5-6-7-8-9-10-11/h9-10H,2-8H2,1H3/b10-9-. The molecule has 66 valence electrons. The molecule has 0 amide bonds. The minimum absolute atomic E-state index is 1.15. The first-order chi connectivity index (χ1) is 5.41. The summed E-state index contributed by atoms with van der Waals surface area (Å²) in [5.74, 6) is 0. The third-order valence-electron chi connectivity index (χ3n) is 1.81. The number of halogens is 1. The summed E-state index contributed by atoms with van der Waals surface area (Å²) >= 11 is 5.38. The maximum atomic E-state index is 5.38. The van der Waals surface area contributed by atoms with Crippen molar-refractivity contribution in [2.24, 2.45) is 0 Å². The van der Waals surface area contributed by atoms with Gasteiger partial charge in [0.2, 0.25) is 0 Å². The monoisotopic (exact) mass is 174 g/mol. The van der Waals surface area contributed by atoms with Crippen molar-refractivity contribution in [3.05, 3.63) is 11.6 Å². The van der Waals surface area contributed by atoms with Crippen LogP contribution >= 0.6 is 11.6 Å². The van der Waals surface area contributed by atoms with Crippen LogP contribution in [0, 0.1) is 0 Å². The number of rotatable bonds is 7. The molecule has 0 aromatic carbocycles. The molecule has 0 radical (unpaired) electrons. The highest BCUT2D eigenvalue weighted by Gasteiger charge is 1.87. The van der Waals surface area contributed by atoms with Crippen LogP contribution in [0.1, 0.15) is 51.9 Å². The van der Waals surface area contributed by atoms with Crippen LogP contribution in [0.5, 0.6) is 0 Å². The topological polar surface area (TPSA) is 0 Å². The minimum atomic E-state index is 1.15. The van der Waals surface area contributed by atoms with E-state index in [1.807, 2.05) is 6.08 Å². The van der Waals surface area contributed by atoms with Crippen LogP contribution in [0.25, 0.3) is 0 Å². The molecule has 0 aromatic heterocycles. The maximum Gasteiger partial charge on any atom is 0.000245 e. The van der Waals surface area contributed by atoms with E-state index in [0.29, 0.717) is 0 Å². The van der Waals surface area contributed by atoms with E-state index in [1.165, 1.54) is 38.5 Å². The molecular formula is C10H19Cl. The third-order valence-corrected chi connectivity index (χ3v) is 1.99. The molecule has 0 fully saturated rings. The Morgan fingerprint density at radius 2 is 1.64 bits per heavy atom. The summed E-state index contributed by atoms with van der Waals surface area (Å²) in [5.41, 5.74) is 1.62. The van der Waals surface area contributed by atoms with Crippen LogP contribution in [-0.4, -0.2) is 0 Å². The highest BCUT2D eigenvalue weighted by atomic mass is 35.5. The van der Waals surface area contributed by atoms with E-state index in [4.69, 9.17) is 11.6 Å². The molecule has 11 heavy (non-hydrogen) atoms. The minimum Gasteiger partial charge on any atom is -0.0933 e. The van der Waals surface area contributed by atoms with Gasteiger partial charge in [0.1, 0.15) is 0 Å². The first-order valence-corrected chi connectivity index (χ1v) is 5.10. The summed E-state index contributed by atoms with van der Waals surface area (Å²) in [7, 11) is 0. The second-order valence-corrected chi connectivity index (χ2v) is 3.17. The zero-order valence-electron chi connectivity index (χ0n) is 7.48. The van der Waals surface area contributed by atoms with E-state index in [-0.39, 0.29) is 0 Å². The molecule has 0 heterocycles. The summed E-state index contributed by atoms with van der Waals surface area (Å²) < 4.78 is 0. The van der Waals surface area contributed by atoms with Crippen LogP contribution in [0.15, 0.2) is 11.6 Å². The maximum absolute atomic E-state index is 5.38. The molecule has 0 aliphatic heterocycles. The van der Waals surface area contributed by atoms with Gasteiger partial charge in [0, 0.05) is 5.54 Å². The number of hydrogen-bond acceptors (Lipinski definition) is 0. The lowest BCUT2D eigenvalue weighted by molar-refractivity contribution is 0.611. The molecule has 0 aliphatic rings. The van der Waals surface area contributed by atoms with Gasteiger partial charge >= 0.3 is 0 Å². The Bertz CT molecular complexity index is 86.9. The average Bonchev–Trinajstić information content (AvgIpc) is 2.03. The summed E-state index contributed by atoms with van der Waals surface area (Å²) in [6.07, 6.45) is 11.4. The largest absolute Gasteiger partial charge is 0.0933 e. The molecule has 0 saturated carbocycles. The van der Waals surface area contributed by atoms with Crippen molar-refractivity contribution in [2.45, 2.75) is 51.9 Å². The molecule has 1 heteroatoms. The van der Waals surface area contributed by atoms with E-state index in [0.717, 1.165) is 6.42 Å². The Hall–Kier alpha value is 0.0300. The molecular weight excluding hydrogens is 156 g/mol. The summed E-state index contributed by atoms with van der Waals surface area (Å²) in [6.45, 7) is 2.25. The summed E-state index contributed by atoms with van der Waals surface area (Å²) in [5, 5.41) is 0. The van der Waals surface area contributed by atoms with Gasteiger partial charge in [-0.1, -0.05) is 56.7 Å². The quantitative estimate of drug-likeness (QED) is 0.499. The van der Waals surface area contributed by atoms with Crippen molar-refractivity contribution in [1.29, 1.82) is 0 Å². The van der Waals surface area contributed by atoms with Gasteiger partial charge in [-0.3, -0.25) is 0 Å². The lowest BCUT2D eigenvalue weighted by Crippen LogP contribution is -1.77. The number of hydrogen-bond donors (Lipinski definition) is 0. The van der Waals surface area contributed by atoms with Gasteiger partial charge in [0.25, 0.3) is 0 Å². The first-order valence-electron chi connectivity index (χ1n) is 4.67. The van der Waals surface area contributed by atoms with Gasteiger partial charge in [0.05, 0.1) is 0 Å². The molecule has 0 N–H and O–H groups in total. The van der Waals surface area contributed by atoms with Crippen molar-refractivity contribution in [1.82, 2.24) is 0 Å². The molecule has 0 atom stereocenters. The zero-order chi connectivity index (χ0) is 8.36. The Balaban J connectivity index is 2.79. The van der Waals surface area contributed by atoms with Crippen LogP contribution in [0.3, 0.4) is 0 Å². The van der Waals surface area contributed by atoms with Crippen LogP contribution in [0.2, 0.25) is 0 Å². The lowest BCUT2D eigenvalue weighted by Gasteiger charge is -1.96. The Kier molecular flexibility index (Phi) is 10.1. The number of unbranched alkanes of at least 4 members (excludes halogenated alkanes) is 6. The summed E-state index contributed by atoms with van der Waals surface area (Å²) in [6, 6.07) is 0. The first kappa shape index (κ1) is 11.0. The SMILES string of the molecule is CCCCCCCC/C=C\Cl. The predicted octanol–water partition coefficient (Wildman–Crippen LogP) is 4.49. The van der Waals surface area contributed by atoms with Gasteiger partial charge in [-0.15, -0.1) is 0 Å². The normalized spacial score (nSPS) is 11.1. The Morgan fingerprint density at radius 1 is 1.00 bits per heavy atom. The van der Waals surface area contributed by atoms with E-state index >= 15 is 0 Å². The van der Waals surface area contributed by atoms with Gasteiger partial charge in [-0.2, -0.15) is 0 Å². The highest BCUT2D eigenvalue weighted by molar-refractivity contribution is 6.25. The van der Waals surface area contributed by atoms with E-state index in [1.54, 1.807) is 5.54 Å². The smallest absolute Gasteiger partial charge is 0.000245 e. The molecule has 0 spiro atoms. The van der Waals surface area contributed by atoms with Crippen LogP contribution in [-0.2, 0) is 0 Å². The van der Waals surface area contributed by atoms with Crippen molar-refractivity contribution in [2.75, 3.05) is 0 Å². The van der Waals surface area contributed by atoms with Crippen LogP contribution in [0.4, 0.5) is 0 Å². The summed E-state index contributed by atoms with van der Waals surface area (Å²) in [4.78, 5) is 0. The van der Waals surface area contributed by atoms with E-state index in [2.05, 4.69) is 6.92 Å². The van der Waals surface area contributed by atoms with E-state index in [9.17, 15) is 0 Å².